The van der Waals surface area contributed by atoms with Crippen LogP contribution in [0.2, 0.25) is 0 Å². The van der Waals surface area contributed by atoms with Gasteiger partial charge in [-0.15, -0.1) is 0 Å². The predicted octanol–water partition coefficient (Wildman–Crippen LogP) is 2.64. The number of amides is 2. The van der Waals surface area contributed by atoms with Gasteiger partial charge in [-0.25, -0.2) is 0 Å². The van der Waals surface area contributed by atoms with Gasteiger partial charge in [0.2, 0.25) is 11.8 Å². The summed E-state index contributed by atoms with van der Waals surface area (Å²) in [5.74, 6) is -0.232. The molecule has 0 aliphatic rings. The number of likely N-dealkylation sites (N-methyl/N-ethyl adjacent to an activating group) is 1. The van der Waals surface area contributed by atoms with E-state index in [2.05, 4.69) is 10.5 Å². The molecule has 9 heteroatoms. The molecule has 25 heavy (non-hydrogen) atoms. The van der Waals surface area contributed by atoms with E-state index in [1.165, 1.54) is 25.2 Å². The first-order chi connectivity index (χ1) is 11.6. The van der Waals surface area contributed by atoms with Crippen molar-refractivity contribution in [1.29, 1.82) is 0 Å². The summed E-state index contributed by atoms with van der Waals surface area (Å²) in [7, 11) is 1.39. The van der Waals surface area contributed by atoms with E-state index < -0.39 is 23.6 Å². The van der Waals surface area contributed by atoms with E-state index in [1.54, 1.807) is 6.92 Å². The molecule has 1 N–H and O–H groups in total. The lowest BCUT2D eigenvalue weighted by Gasteiger charge is -2.16. The fourth-order valence-corrected chi connectivity index (χ4v) is 2.08. The summed E-state index contributed by atoms with van der Waals surface area (Å²) in [6.07, 6.45) is -4.71. The number of hydrogen-bond donors (Lipinski definition) is 1. The van der Waals surface area contributed by atoms with Gasteiger partial charge in [-0.1, -0.05) is 23.4 Å². The zero-order chi connectivity index (χ0) is 18.6. The summed E-state index contributed by atoms with van der Waals surface area (Å²) in [4.78, 5) is 25.1. The number of aryl methyl sites for hydroxylation is 1. The molecule has 2 rings (SSSR count). The molecule has 0 aliphatic heterocycles. The van der Waals surface area contributed by atoms with E-state index in [1.807, 2.05) is 0 Å². The first-order valence-electron chi connectivity index (χ1n) is 7.28. The molecule has 1 aromatic heterocycles. The number of anilines is 1. The Balaban J connectivity index is 1.93. The fraction of sp³-hybridized carbons (Fsp3) is 0.312. The van der Waals surface area contributed by atoms with E-state index in [9.17, 15) is 22.8 Å². The highest BCUT2D eigenvalue weighted by Gasteiger charge is 2.30. The summed E-state index contributed by atoms with van der Waals surface area (Å²) in [6.45, 7) is 1.40. The minimum atomic E-state index is -4.47. The van der Waals surface area contributed by atoms with E-state index in [4.69, 9.17) is 4.52 Å². The van der Waals surface area contributed by atoms with Gasteiger partial charge >= 0.3 is 6.18 Å². The molecule has 0 radical (unpaired) electrons. The maximum atomic E-state index is 12.7. The van der Waals surface area contributed by atoms with Gasteiger partial charge in [-0.3, -0.25) is 9.59 Å². The van der Waals surface area contributed by atoms with Crippen LogP contribution in [0.15, 0.2) is 34.9 Å². The Bertz CT molecular complexity index is 771. The summed E-state index contributed by atoms with van der Waals surface area (Å²) in [5, 5.41) is 6.05. The summed E-state index contributed by atoms with van der Waals surface area (Å²) in [5.41, 5.74) is -0.598. The lowest BCUT2D eigenvalue weighted by molar-refractivity contribution is -0.137. The lowest BCUT2D eigenvalue weighted by atomic mass is 10.1. The van der Waals surface area contributed by atoms with Gasteiger partial charge in [-0.2, -0.15) is 13.2 Å². The predicted molar refractivity (Wildman–Crippen MR) is 82.7 cm³/mol. The van der Waals surface area contributed by atoms with Crippen molar-refractivity contribution in [3.05, 3.63) is 47.2 Å². The van der Waals surface area contributed by atoms with Crippen LogP contribution in [0.3, 0.4) is 0 Å². The second kappa shape index (κ2) is 7.37. The molecule has 0 bridgehead atoms. The van der Waals surface area contributed by atoms with Crippen LogP contribution in [0.5, 0.6) is 0 Å². The maximum Gasteiger partial charge on any atom is 0.416 e. The van der Waals surface area contributed by atoms with Gasteiger partial charge in [0, 0.05) is 13.1 Å². The average molecular weight is 355 g/mol. The minimum Gasteiger partial charge on any atom is -0.360 e. The van der Waals surface area contributed by atoms with Crippen molar-refractivity contribution in [1.82, 2.24) is 10.1 Å². The van der Waals surface area contributed by atoms with Crippen LogP contribution >= 0.6 is 0 Å². The van der Waals surface area contributed by atoms with Crippen molar-refractivity contribution >= 4 is 17.6 Å². The molecular formula is C16H16F3N3O3. The maximum absolute atomic E-state index is 12.7. The van der Waals surface area contributed by atoms with Gasteiger partial charge in [0.1, 0.15) is 5.76 Å². The first-order valence-corrected chi connectivity index (χ1v) is 7.28. The Morgan fingerprint density at radius 1 is 1.28 bits per heavy atom. The molecule has 0 spiro atoms. The zero-order valence-electron chi connectivity index (χ0n) is 13.6. The molecule has 6 nitrogen and oxygen atoms in total. The number of carbonyl (C=O) groups excluding carboxylic acids is 2. The Hall–Kier alpha value is -2.84. The highest BCUT2D eigenvalue weighted by atomic mass is 19.4. The van der Waals surface area contributed by atoms with Gasteiger partial charge in [-0.05, 0) is 18.6 Å². The molecule has 0 aliphatic carbocycles. The zero-order valence-corrected chi connectivity index (χ0v) is 13.6. The van der Waals surface area contributed by atoms with Crippen LogP contribution in [-0.4, -0.2) is 35.5 Å². The van der Waals surface area contributed by atoms with Crippen LogP contribution < -0.4 is 5.32 Å². The molecule has 0 atom stereocenters. The number of benzene rings is 1. The highest BCUT2D eigenvalue weighted by Crippen LogP contribution is 2.29. The Morgan fingerprint density at radius 2 is 2.00 bits per heavy atom. The smallest absolute Gasteiger partial charge is 0.360 e. The third kappa shape index (κ3) is 5.33. The van der Waals surface area contributed by atoms with Crippen LogP contribution in [-0.2, 0) is 22.2 Å². The number of hydrogen-bond acceptors (Lipinski definition) is 4. The van der Waals surface area contributed by atoms with Crippen LogP contribution in [0, 0.1) is 6.92 Å². The standard InChI is InChI=1S/C16H16F3N3O3/c1-10-6-13(21-25-10)20-14(23)9-22(2)15(24)8-11-4-3-5-12(7-11)16(17,18)19/h3-7H,8-9H2,1-2H3,(H,20,21,23). The Labute approximate surface area is 141 Å². The van der Waals surface area contributed by atoms with Crippen molar-refractivity contribution in [2.45, 2.75) is 19.5 Å². The number of nitrogens with one attached hydrogen (secondary N) is 1. The summed E-state index contributed by atoms with van der Waals surface area (Å²) in [6, 6.07) is 6.04. The van der Waals surface area contributed by atoms with E-state index in [0.717, 1.165) is 17.0 Å². The number of rotatable bonds is 5. The third-order valence-electron chi connectivity index (χ3n) is 3.31. The van der Waals surface area contributed by atoms with Gasteiger partial charge in [0.15, 0.2) is 5.82 Å². The lowest BCUT2D eigenvalue weighted by Crippen LogP contribution is -2.35. The number of carbonyl (C=O) groups is 2. The average Bonchev–Trinajstić information content (AvgIpc) is 2.91. The minimum absolute atomic E-state index is 0.221. The number of nitrogens with zero attached hydrogens (tertiary/aromatic N) is 2. The quantitative estimate of drug-likeness (QED) is 0.895. The van der Waals surface area contributed by atoms with Gasteiger partial charge in [0.25, 0.3) is 0 Å². The molecule has 0 fully saturated rings. The van der Waals surface area contributed by atoms with Crippen LogP contribution in [0.4, 0.5) is 19.0 Å². The second-order valence-electron chi connectivity index (χ2n) is 5.50. The normalized spacial score (nSPS) is 11.2. The molecule has 1 heterocycles. The van der Waals surface area contributed by atoms with Crippen LogP contribution in [0.1, 0.15) is 16.9 Å². The van der Waals surface area contributed by atoms with E-state index in [-0.39, 0.29) is 24.3 Å². The largest absolute Gasteiger partial charge is 0.416 e. The van der Waals surface area contributed by atoms with Crippen molar-refractivity contribution in [3.63, 3.8) is 0 Å². The molecule has 0 unspecified atom stereocenters. The third-order valence-corrected chi connectivity index (χ3v) is 3.31. The molecule has 134 valence electrons. The van der Waals surface area contributed by atoms with Crippen molar-refractivity contribution < 1.29 is 27.3 Å². The monoisotopic (exact) mass is 355 g/mol. The molecule has 2 amide bonds. The second-order valence-corrected chi connectivity index (χ2v) is 5.50. The van der Waals surface area contributed by atoms with Gasteiger partial charge in [0.05, 0.1) is 18.5 Å². The van der Waals surface area contributed by atoms with Crippen molar-refractivity contribution in [2.24, 2.45) is 0 Å². The Morgan fingerprint density at radius 3 is 2.60 bits per heavy atom. The Kier molecular flexibility index (Phi) is 5.45. The van der Waals surface area contributed by atoms with Crippen molar-refractivity contribution in [2.75, 3.05) is 18.9 Å². The molecule has 2 aromatic rings. The van der Waals surface area contributed by atoms with Crippen LogP contribution in [0.25, 0.3) is 0 Å². The topological polar surface area (TPSA) is 75.4 Å². The van der Waals surface area contributed by atoms with Crippen molar-refractivity contribution in [3.8, 4) is 0 Å². The number of alkyl halides is 3. The fourth-order valence-electron chi connectivity index (χ4n) is 2.08. The highest BCUT2D eigenvalue weighted by molar-refractivity contribution is 5.94. The summed E-state index contributed by atoms with van der Waals surface area (Å²) >= 11 is 0. The molecule has 0 saturated heterocycles. The SMILES string of the molecule is Cc1cc(NC(=O)CN(C)C(=O)Cc2cccc(C(F)(F)F)c2)no1. The molecular weight excluding hydrogens is 339 g/mol. The first kappa shape index (κ1) is 18.5. The summed E-state index contributed by atoms with van der Waals surface area (Å²) < 4.78 is 42.8. The number of halogens is 3. The van der Waals surface area contributed by atoms with E-state index in [0.29, 0.717) is 5.76 Å². The van der Waals surface area contributed by atoms with Gasteiger partial charge < -0.3 is 14.7 Å². The van der Waals surface area contributed by atoms with E-state index >= 15 is 0 Å². The number of aromatic nitrogens is 1. The molecule has 0 saturated carbocycles. The molecule has 1 aromatic carbocycles.